The van der Waals surface area contributed by atoms with Crippen molar-refractivity contribution < 1.29 is 21.5 Å². The predicted molar refractivity (Wildman–Crippen MR) is 201 cm³/mol. The fourth-order valence-corrected chi connectivity index (χ4v) is 11.8. The number of rotatable bonds is 4. The van der Waals surface area contributed by atoms with Gasteiger partial charge in [0.05, 0.1) is 0 Å². The van der Waals surface area contributed by atoms with Gasteiger partial charge in [0.15, 0.2) is 0 Å². The van der Waals surface area contributed by atoms with E-state index in [0.29, 0.717) is 0 Å². The van der Waals surface area contributed by atoms with Crippen LogP contribution in [-0.4, -0.2) is 23.2 Å². The second-order valence-corrected chi connectivity index (χ2v) is 25.1. The maximum absolute atomic E-state index is 8.91. The topological polar surface area (TPSA) is 25.8 Å². The van der Waals surface area contributed by atoms with Crippen molar-refractivity contribution in [1.82, 2.24) is 9.97 Å². The monoisotopic (exact) mass is 872 g/mol. The second-order valence-electron chi connectivity index (χ2n) is 13.5. The quantitative estimate of drug-likeness (QED) is 0.130. The van der Waals surface area contributed by atoms with Crippen molar-refractivity contribution >= 4 is 59.9 Å². The van der Waals surface area contributed by atoms with Crippen molar-refractivity contribution in [3.63, 3.8) is 0 Å². The second kappa shape index (κ2) is 14.1. The first-order chi connectivity index (χ1) is 22.6. The van der Waals surface area contributed by atoms with Crippen molar-refractivity contribution in [1.29, 1.82) is 0 Å². The van der Waals surface area contributed by atoms with Crippen LogP contribution in [0.4, 0.5) is 0 Å². The SMILES string of the molecule is Cc1cc(-c2[c-]cccc2)nc[c]1[Ge]([CH3])([CH3])[CH3].[2H]C1(c2ccnc(-c3[c-]ccc4c3sc3c5ccccc5c(C)cc43)c2)CCCC1.[Ir]. The van der Waals surface area contributed by atoms with Crippen LogP contribution in [0.2, 0.25) is 17.3 Å². The van der Waals surface area contributed by atoms with Gasteiger partial charge in [-0.05, 0) is 63.8 Å². The molecule has 1 aliphatic carbocycles. The Kier molecular flexibility index (Phi) is 9.75. The molecule has 0 spiro atoms. The summed E-state index contributed by atoms with van der Waals surface area (Å²) in [4.78, 5) is 9.30. The maximum atomic E-state index is 8.91. The van der Waals surface area contributed by atoms with E-state index in [0.717, 1.165) is 53.8 Å². The van der Waals surface area contributed by atoms with Gasteiger partial charge in [-0.15, -0.1) is 23.8 Å². The number of pyridine rings is 2. The van der Waals surface area contributed by atoms with Gasteiger partial charge in [0.25, 0.3) is 0 Å². The van der Waals surface area contributed by atoms with Gasteiger partial charge in [-0.25, -0.2) is 0 Å². The van der Waals surface area contributed by atoms with Crippen LogP contribution < -0.4 is 4.40 Å². The molecule has 1 radical (unpaired) electrons. The molecular formula is C42H40GeIrN2S-2. The number of thiophene rings is 1. The third-order valence-electron chi connectivity index (χ3n) is 9.18. The van der Waals surface area contributed by atoms with Crippen LogP contribution >= 0.6 is 11.3 Å². The fourth-order valence-electron chi connectivity index (χ4n) is 6.85. The molecular weight excluding hydrogens is 829 g/mol. The maximum Gasteiger partial charge on any atom is 0.0352 e. The van der Waals surface area contributed by atoms with Crippen molar-refractivity contribution in [2.24, 2.45) is 0 Å². The summed E-state index contributed by atoms with van der Waals surface area (Å²) in [5, 5.41) is 5.22. The third kappa shape index (κ3) is 6.89. The molecule has 4 aromatic carbocycles. The largest absolute Gasteiger partial charge is 0.305 e. The third-order valence-corrected chi connectivity index (χ3v) is 14.9. The molecule has 8 rings (SSSR count). The summed E-state index contributed by atoms with van der Waals surface area (Å²) in [6, 6.07) is 36.2. The van der Waals surface area contributed by atoms with Gasteiger partial charge < -0.3 is 4.98 Å². The minimum absolute atomic E-state index is 0. The smallest absolute Gasteiger partial charge is 0.0352 e. The molecule has 3 aromatic heterocycles. The first-order valence-corrected chi connectivity index (χ1v) is 24.4. The van der Waals surface area contributed by atoms with Crippen LogP contribution in [0, 0.1) is 26.0 Å². The van der Waals surface area contributed by atoms with Crippen molar-refractivity contribution in [3.8, 4) is 22.5 Å². The molecule has 0 saturated heterocycles. The van der Waals surface area contributed by atoms with Gasteiger partial charge in [-0.1, -0.05) is 60.2 Å². The van der Waals surface area contributed by atoms with Gasteiger partial charge >= 0.3 is 106 Å². The molecule has 0 aliphatic heterocycles. The molecule has 1 fully saturated rings. The molecule has 2 nitrogen and oxygen atoms in total. The summed E-state index contributed by atoms with van der Waals surface area (Å²) in [6.07, 6.45) is 8.12. The van der Waals surface area contributed by atoms with Crippen LogP contribution in [0.1, 0.15) is 49.6 Å². The van der Waals surface area contributed by atoms with E-state index in [2.05, 4.69) is 109 Å². The molecule has 47 heavy (non-hydrogen) atoms. The summed E-state index contributed by atoms with van der Waals surface area (Å²) in [5.74, 6) is 6.74. The van der Waals surface area contributed by atoms with Crippen LogP contribution in [0.5, 0.6) is 0 Å². The summed E-state index contributed by atoms with van der Waals surface area (Å²) in [7, 11) is 0. The molecule has 0 bridgehead atoms. The van der Waals surface area contributed by atoms with E-state index >= 15 is 0 Å². The molecule has 0 N–H and O–H groups in total. The Hall–Kier alpha value is -3.15. The average Bonchev–Trinajstić information content (AvgIpc) is 3.70. The minimum Gasteiger partial charge on any atom is -0.305 e. The van der Waals surface area contributed by atoms with Gasteiger partial charge in [0.2, 0.25) is 0 Å². The van der Waals surface area contributed by atoms with Gasteiger partial charge in [0.1, 0.15) is 0 Å². The van der Waals surface area contributed by atoms with Gasteiger partial charge in [-0.2, -0.15) is 11.3 Å². The van der Waals surface area contributed by atoms with Gasteiger partial charge in [-0.3, -0.25) is 0 Å². The first-order valence-electron chi connectivity index (χ1n) is 16.8. The zero-order valence-corrected chi connectivity index (χ0v) is 33.0. The molecule has 0 atom stereocenters. The summed E-state index contributed by atoms with van der Waals surface area (Å²) in [6.45, 7) is 4.39. The Bertz CT molecular complexity index is 2230. The van der Waals surface area contributed by atoms with E-state index in [1.165, 1.54) is 46.5 Å². The number of benzene rings is 4. The number of hydrogen-bond donors (Lipinski definition) is 0. The van der Waals surface area contributed by atoms with Gasteiger partial charge in [0, 0.05) is 32.4 Å². The van der Waals surface area contributed by atoms with E-state index in [1.54, 1.807) is 0 Å². The zero-order chi connectivity index (χ0) is 32.8. The molecule has 1 aliphatic rings. The van der Waals surface area contributed by atoms with E-state index in [9.17, 15) is 0 Å². The van der Waals surface area contributed by atoms with E-state index in [1.807, 2.05) is 47.9 Å². The van der Waals surface area contributed by atoms with Crippen LogP contribution in [0.15, 0.2) is 97.3 Å². The number of hydrogen-bond acceptors (Lipinski definition) is 3. The summed E-state index contributed by atoms with van der Waals surface area (Å²) in [5.41, 5.74) is 7.87. The Labute approximate surface area is 300 Å². The minimum atomic E-state index is -1.77. The normalized spacial score (nSPS) is 14.4. The summed E-state index contributed by atoms with van der Waals surface area (Å²) >= 11 is 0.0678. The Morgan fingerprint density at radius 1 is 0.745 bits per heavy atom. The number of fused-ring (bicyclic) bond motifs is 5. The molecule has 5 heteroatoms. The van der Waals surface area contributed by atoms with Crippen molar-refractivity contribution in [2.45, 2.75) is 62.7 Å². The number of nitrogens with zero attached hydrogens (tertiary/aromatic N) is 2. The summed E-state index contributed by atoms with van der Waals surface area (Å²) < 4.78 is 13.0. The molecule has 239 valence electrons. The van der Waals surface area contributed by atoms with Crippen LogP contribution in [-0.2, 0) is 20.1 Å². The number of aromatic nitrogens is 2. The van der Waals surface area contributed by atoms with Crippen LogP contribution in [0.3, 0.4) is 0 Å². The van der Waals surface area contributed by atoms with E-state index < -0.39 is 19.2 Å². The predicted octanol–water partition coefficient (Wildman–Crippen LogP) is 11.4. The molecule has 0 unspecified atom stereocenters. The van der Waals surface area contributed by atoms with E-state index in [4.69, 9.17) is 6.35 Å². The standard InChI is InChI=1S/C27H22NS.C15H18GeN.Ir/c1-17-15-24-22-11-6-12-23(25-16-19(13-14-28-25)18-7-2-3-8-18)26(22)29-27(24)21-10-5-4-9-20(17)21;1-12-10-15(13-8-6-5-7-9-13)17-11-14(12)16(2,3)4;/h4-6,9-11,13-16,18H,2-3,7-8H2,1H3;5-8,10-11H,1-4H3;/q2*-1;/i18D;;. The Balaban J connectivity index is 0.000000191. The molecule has 1 saturated carbocycles. The van der Waals surface area contributed by atoms with E-state index in [-0.39, 0.29) is 20.1 Å². The van der Waals surface area contributed by atoms with Crippen molar-refractivity contribution in [3.05, 3.63) is 126 Å². The molecule has 3 heterocycles. The fraction of sp³-hybridized carbons (Fsp3) is 0.238. The first kappa shape index (κ1) is 32.4. The van der Waals surface area contributed by atoms with Crippen LogP contribution in [0.25, 0.3) is 53.5 Å². The molecule has 0 amide bonds. The average molecular weight is 871 g/mol. The Morgan fingerprint density at radius 2 is 1.49 bits per heavy atom. The van der Waals surface area contributed by atoms with Crippen molar-refractivity contribution in [2.75, 3.05) is 0 Å². The molecule has 7 aromatic rings. The number of aryl methyl sites for hydroxylation is 2. The Morgan fingerprint density at radius 3 is 2.21 bits per heavy atom. The zero-order valence-electron chi connectivity index (χ0n) is 28.7.